The zero-order valence-corrected chi connectivity index (χ0v) is 70.4. The number of rotatable bonds is 26. The van der Waals surface area contributed by atoms with Crippen molar-refractivity contribution in [1.82, 2.24) is 38.2 Å². The highest BCUT2D eigenvalue weighted by Crippen LogP contribution is 2.40. The van der Waals surface area contributed by atoms with Crippen LogP contribution in [0.5, 0.6) is 11.5 Å². The van der Waals surface area contributed by atoms with Crippen LogP contribution in [-0.4, -0.2) is 99.7 Å². The predicted octanol–water partition coefficient (Wildman–Crippen LogP) is 17.1. The first-order valence-electron chi connectivity index (χ1n) is 40.4. The summed E-state index contributed by atoms with van der Waals surface area (Å²) in [5.74, 6) is 3.91. The highest BCUT2D eigenvalue weighted by molar-refractivity contribution is 6.34. The number of carbonyl (C=O) groups is 4. The number of methoxy groups -OCH3 is 2. The molecule has 8 aromatic rings. The van der Waals surface area contributed by atoms with Crippen LogP contribution in [0.2, 0.25) is 10.0 Å². The van der Waals surface area contributed by atoms with Crippen molar-refractivity contribution in [3.8, 4) is 57.1 Å². The van der Waals surface area contributed by atoms with Crippen molar-refractivity contribution in [2.75, 3.05) is 35.5 Å². The highest BCUT2D eigenvalue weighted by Gasteiger charge is 2.31. The lowest BCUT2D eigenvalue weighted by Gasteiger charge is -2.22. The van der Waals surface area contributed by atoms with Crippen LogP contribution in [0.1, 0.15) is 259 Å². The molecule has 4 aromatic heterocycles. The molecule has 0 saturated heterocycles. The topological polar surface area (TPSA) is 274 Å². The monoisotopic (exact) mass is 1570 g/mol. The molecule has 4 aliphatic rings. The Hall–Kier alpha value is -9.54. The van der Waals surface area contributed by atoms with Gasteiger partial charge in [0.25, 0.3) is 22.2 Å². The van der Waals surface area contributed by atoms with Gasteiger partial charge in [-0.15, -0.1) is 0 Å². The van der Waals surface area contributed by atoms with Gasteiger partial charge in [-0.25, -0.2) is 19.9 Å². The molecule has 0 radical (unpaired) electrons. The maximum atomic E-state index is 13.2. The van der Waals surface area contributed by atoms with Crippen molar-refractivity contribution in [3.05, 3.63) is 167 Å². The Morgan fingerprint density at radius 2 is 0.554 bits per heavy atom. The highest BCUT2D eigenvalue weighted by atomic mass is 35.5. The van der Waals surface area contributed by atoms with Crippen molar-refractivity contribution >= 4 is 69.1 Å². The number of halogens is 2. The minimum atomic E-state index is -0.101. The first-order valence-corrected chi connectivity index (χ1v) is 41.1. The van der Waals surface area contributed by atoms with Crippen LogP contribution >= 0.6 is 23.2 Å². The lowest BCUT2D eigenvalue weighted by atomic mass is 9.88. The van der Waals surface area contributed by atoms with Gasteiger partial charge in [-0.3, -0.25) is 56.6 Å². The number of ether oxygens (including phenoxy) is 2. The Morgan fingerprint density at radius 1 is 0.321 bits per heavy atom. The molecule has 4 aliphatic carbocycles. The second kappa shape index (κ2) is 38.8. The summed E-state index contributed by atoms with van der Waals surface area (Å²) in [4.78, 5) is 120. The smallest absolute Gasteiger partial charge is 0.277 e. The Kier molecular flexibility index (Phi) is 29.9. The van der Waals surface area contributed by atoms with Gasteiger partial charge in [-0.1, -0.05) is 106 Å². The molecule has 0 amide bonds. The lowest BCUT2D eigenvalue weighted by Crippen LogP contribution is -2.30. The molecular formula is C88H114Cl2N12O10. The number of aromatic nitrogens is 8. The number of aryl methyl sites for hydroxylation is 8. The fourth-order valence-electron chi connectivity index (χ4n) is 15.2. The average Bonchev–Trinajstić information content (AvgIpc) is 1.18. The van der Waals surface area contributed by atoms with Crippen LogP contribution in [0.4, 0.5) is 22.7 Å². The van der Waals surface area contributed by atoms with Gasteiger partial charge >= 0.3 is 0 Å². The third-order valence-corrected chi connectivity index (χ3v) is 23.1. The molecule has 22 nitrogen and oxygen atoms in total. The van der Waals surface area contributed by atoms with E-state index in [0.717, 1.165) is 139 Å². The quantitative estimate of drug-likeness (QED) is 0.0392. The summed E-state index contributed by atoms with van der Waals surface area (Å²) in [7, 11) is 10.1. The van der Waals surface area contributed by atoms with Gasteiger partial charge in [-0.05, 0) is 186 Å². The second-order valence-electron chi connectivity index (χ2n) is 29.3. The first kappa shape index (κ1) is 86.4. The van der Waals surface area contributed by atoms with E-state index < -0.39 is 0 Å². The van der Waals surface area contributed by atoms with Gasteiger partial charge in [0.2, 0.25) is 0 Å². The molecule has 112 heavy (non-hydrogen) atoms. The Labute approximate surface area is 668 Å². The molecule has 4 N–H and O–H groups in total. The second-order valence-corrected chi connectivity index (χ2v) is 30.1. The van der Waals surface area contributed by atoms with E-state index >= 15 is 0 Å². The standard InChI is InChI=1S/C23H31N3O3.C22H28ClN3O2.C22H29N3O3.C21H26ClN3O2/c1-6-15(7-2)24-21-18(8-3)25-22(26(4)23(21)28)17-12-14-10-9-11-19(27)16(14)13-20(17)29-5;1-5-14(6-2)24-20-18(7-3)25-21(26(4)22(20)28)16-11-13-9-8-10-19(27)15(13)12-17(16)23;1-6-14(7-2)23-20-17(8-3)24-21(25(4)22(20)27)16-11-13-9-10-18(26)15(13)12-19(16)28-5;1-5-13(6-2)23-19-17(7-3)24-20(25(4)21(19)27)15-10-12-8-9-18(26)14(12)11-16(15)22/h12-13,15,24H,6-11H2,1-5H3;11-12,14,24H,5-10H2,1-4H3;11-12,14,23H,6-10H2,1-5H3;10-11,13,23H,5-9H2,1-4H3. The molecule has 12 rings (SSSR count). The number of nitrogens with one attached hydrogen (secondary N) is 4. The van der Waals surface area contributed by atoms with Gasteiger partial charge < -0.3 is 30.7 Å². The molecule has 0 spiro atoms. The first-order chi connectivity index (χ1) is 53.7. The summed E-state index contributed by atoms with van der Waals surface area (Å²) in [5.41, 5.74) is 14.6. The summed E-state index contributed by atoms with van der Waals surface area (Å²) in [5, 5.41) is 14.5. The summed E-state index contributed by atoms with van der Waals surface area (Å²) in [6.45, 7) is 24.8. The van der Waals surface area contributed by atoms with Crippen LogP contribution < -0.4 is 53.0 Å². The maximum absolute atomic E-state index is 13.2. The van der Waals surface area contributed by atoms with Crippen LogP contribution in [0.15, 0.2) is 67.7 Å². The zero-order valence-electron chi connectivity index (χ0n) is 68.9. The number of carbonyl (C=O) groups excluding carboxylic acids is 4. The molecule has 4 heterocycles. The molecule has 24 heteroatoms. The molecule has 0 atom stereocenters. The Morgan fingerprint density at radius 3 is 0.804 bits per heavy atom. The van der Waals surface area contributed by atoms with Crippen molar-refractivity contribution in [2.24, 2.45) is 28.2 Å². The predicted molar refractivity (Wildman–Crippen MR) is 452 cm³/mol. The van der Waals surface area contributed by atoms with Crippen molar-refractivity contribution < 1.29 is 28.7 Å². The summed E-state index contributed by atoms with van der Waals surface area (Å²) in [6, 6.07) is 15.8. The van der Waals surface area contributed by atoms with E-state index in [1.54, 1.807) is 84.9 Å². The maximum Gasteiger partial charge on any atom is 0.277 e. The lowest BCUT2D eigenvalue weighted by molar-refractivity contribution is 0.0964. The van der Waals surface area contributed by atoms with E-state index in [4.69, 9.17) is 52.6 Å². The van der Waals surface area contributed by atoms with Crippen molar-refractivity contribution in [1.29, 1.82) is 0 Å². The van der Waals surface area contributed by atoms with Crippen LogP contribution in [0, 0.1) is 0 Å². The van der Waals surface area contributed by atoms with Crippen molar-refractivity contribution in [2.45, 2.75) is 249 Å². The van der Waals surface area contributed by atoms with Gasteiger partial charge in [0, 0.05) is 111 Å². The van der Waals surface area contributed by atoms with Gasteiger partial charge in [0.1, 0.15) is 57.5 Å². The van der Waals surface area contributed by atoms with Gasteiger partial charge in [0.15, 0.2) is 23.1 Å². The Bertz CT molecular complexity index is 5100. The zero-order chi connectivity index (χ0) is 81.7. The summed E-state index contributed by atoms with van der Waals surface area (Å²) < 4.78 is 17.4. The largest absolute Gasteiger partial charge is 0.496 e. The minimum absolute atomic E-state index is 0.0883. The third-order valence-electron chi connectivity index (χ3n) is 22.5. The average molecular weight is 1570 g/mol. The van der Waals surface area contributed by atoms with E-state index in [1.807, 2.05) is 52.0 Å². The number of hydrogen-bond acceptors (Lipinski definition) is 18. The Balaban J connectivity index is 0.000000171. The van der Waals surface area contributed by atoms with Crippen LogP contribution in [0.25, 0.3) is 45.6 Å². The number of ketones is 4. The number of fused-ring (bicyclic) bond motifs is 4. The minimum Gasteiger partial charge on any atom is -0.496 e. The number of anilines is 4. The summed E-state index contributed by atoms with van der Waals surface area (Å²) in [6.07, 6.45) is 17.1. The van der Waals surface area contributed by atoms with E-state index in [9.17, 15) is 38.4 Å². The van der Waals surface area contributed by atoms with Crippen molar-refractivity contribution in [3.63, 3.8) is 0 Å². The molecular weight excluding hydrogens is 1460 g/mol. The molecule has 4 aromatic carbocycles. The fourth-order valence-corrected chi connectivity index (χ4v) is 15.7. The molecule has 0 bridgehead atoms. The molecule has 600 valence electrons. The third kappa shape index (κ3) is 18.4. The number of hydrogen-bond donors (Lipinski definition) is 4. The number of Topliss-reactive ketones (excluding diaryl/α,β-unsaturated/α-hetero) is 4. The molecule has 0 unspecified atom stereocenters. The van der Waals surface area contributed by atoms with Gasteiger partial charge in [-0.2, -0.15) is 0 Å². The fraction of sp³-hybridized carbons (Fsp3) is 0.500. The SMILES string of the molecule is CCc1nc(-c2cc3c(cc2Cl)C(=O)CC3)n(C)c(=O)c1NC(CC)CC.CCc1nc(-c2cc3c(cc2Cl)C(=O)CCC3)n(C)c(=O)c1NC(CC)CC.CCc1nc(-c2cc3c(cc2OC)C(=O)CC3)n(C)c(=O)c1NC(CC)CC.CCc1nc(-c2cc3c(cc2OC)C(=O)CCC3)n(C)c(=O)c1NC(CC)CC. The molecule has 0 aliphatic heterocycles. The molecule has 0 saturated carbocycles. The van der Waals surface area contributed by atoms with Gasteiger partial charge in [0.05, 0.1) is 58.2 Å². The summed E-state index contributed by atoms with van der Waals surface area (Å²) >= 11 is 13.0. The van der Waals surface area contributed by atoms with E-state index in [2.05, 4.69) is 76.7 Å². The molecule has 0 fully saturated rings. The number of benzene rings is 4. The van der Waals surface area contributed by atoms with E-state index in [0.29, 0.717) is 160 Å². The number of nitrogens with zero attached hydrogens (tertiary/aromatic N) is 8. The van der Waals surface area contributed by atoms with Crippen LogP contribution in [-0.2, 0) is 79.6 Å². The van der Waals surface area contributed by atoms with Crippen LogP contribution in [0.3, 0.4) is 0 Å². The van der Waals surface area contributed by atoms with E-state index in [1.165, 1.54) is 0 Å². The normalized spacial score (nSPS) is 13.4. The van der Waals surface area contributed by atoms with E-state index in [-0.39, 0.29) is 69.5 Å².